The van der Waals surface area contributed by atoms with Gasteiger partial charge in [0.25, 0.3) is 0 Å². The Morgan fingerprint density at radius 3 is 2.07 bits per heavy atom. The van der Waals surface area contributed by atoms with Crippen LogP contribution in [-0.2, 0) is 8.85 Å². The first-order chi connectivity index (χ1) is 6.89. The summed E-state index contributed by atoms with van der Waals surface area (Å²) in [6.45, 7) is 11.8. The monoisotopic (exact) mass is 232 g/mol. The quantitative estimate of drug-likeness (QED) is 0.619. The van der Waals surface area contributed by atoms with Crippen molar-refractivity contribution in [3.8, 4) is 0 Å². The van der Waals surface area contributed by atoms with E-state index in [1.165, 1.54) is 12.8 Å². The van der Waals surface area contributed by atoms with Crippen molar-refractivity contribution in [2.75, 3.05) is 13.7 Å². The van der Waals surface area contributed by atoms with Crippen LogP contribution in [0.3, 0.4) is 0 Å². The van der Waals surface area contributed by atoms with Crippen molar-refractivity contribution >= 4 is 8.56 Å². The van der Waals surface area contributed by atoms with Crippen LogP contribution in [0.2, 0.25) is 12.1 Å². The van der Waals surface area contributed by atoms with Gasteiger partial charge in [0.1, 0.15) is 0 Å². The lowest BCUT2D eigenvalue weighted by atomic mass is 9.99. The third-order valence-corrected chi connectivity index (χ3v) is 6.20. The largest absolute Gasteiger partial charge is 0.398 e. The summed E-state index contributed by atoms with van der Waals surface area (Å²) in [5.41, 5.74) is 0.234. The standard InChI is InChI=1S/C12H28O2Si/c1-7-9-10-15(8-2,13-6)14-11-12(3,4)5/h7-11H2,1-6H3. The molecule has 0 aliphatic heterocycles. The molecule has 15 heavy (non-hydrogen) atoms. The molecule has 3 heteroatoms. The molecule has 0 bridgehead atoms. The van der Waals surface area contributed by atoms with Crippen molar-refractivity contribution in [2.45, 2.75) is 59.5 Å². The first-order valence-corrected chi connectivity index (χ1v) is 8.31. The molecule has 92 valence electrons. The Hall–Kier alpha value is 0.137. The molecule has 0 N–H and O–H groups in total. The molecule has 0 aliphatic carbocycles. The van der Waals surface area contributed by atoms with Crippen LogP contribution in [0.5, 0.6) is 0 Å². The third kappa shape index (κ3) is 6.33. The van der Waals surface area contributed by atoms with E-state index in [-0.39, 0.29) is 5.41 Å². The summed E-state index contributed by atoms with van der Waals surface area (Å²) >= 11 is 0. The molecule has 0 amide bonds. The van der Waals surface area contributed by atoms with Crippen molar-refractivity contribution in [1.29, 1.82) is 0 Å². The highest BCUT2D eigenvalue weighted by molar-refractivity contribution is 6.67. The van der Waals surface area contributed by atoms with Gasteiger partial charge in [-0.25, -0.2) is 0 Å². The normalized spacial score (nSPS) is 16.4. The van der Waals surface area contributed by atoms with Crippen LogP contribution >= 0.6 is 0 Å². The maximum atomic E-state index is 6.11. The first kappa shape index (κ1) is 15.1. The average Bonchev–Trinajstić information content (AvgIpc) is 2.18. The SMILES string of the molecule is CCCC[Si](CC)(OC)OCC(C)(C)C. The lowest BCUT2D eigenvalue weighted by Gasteiger charge is -2.31. The Morgan fingerprint density at radius 1 is 1.13 bits per heavy atom. The molecule has 0 aromatic rings. The number of rotatable bonds is 7. The molecular weight excluding hydrogens is 204 g/mol. The Bertz CT molecular complexity index is 159. The zero-order valence-corrected chi connectivity index (χ0v) is 12.4. The maximum absolute atomic E-state index is 6.11. The highest BCUT2D eigenvalue weighted by Crippen LogP contribution is 2.24. The van der Waals surface area contributed by atoms with E-state index in [1.807, 2.05) is 7.11 Å². The van der Waals surface area contributed by atoms with Crippen LogP contribution in [0.4, 0.5) is 0 Å². The van der Waals surface area contributed by atoms with Gasteiger partial charge in [0, 0.05) is 13.7 Å². The summed E-state index contributed by atoms with van der Waals surface area (Å²) in [4.78, 5) is 0. The van der Waals surface area contributed by atoms with Gasteiger partial charge >= 0.3 is 8.56 Å². The molecule has 0 radical (unpaired) electrons. The first-order valence-electron chi connectivity index (χ1n) is 6.08. The van der Waals surface area contributed by atoms with Gasteiger partial charge < -0.3 is 8.85 Å². The summed E-state index contributed by atoms with van der Waals surface area (Å²) in [5.74, 6) is 0. The Balaban J connectivity index is 4.23. The van der Waals surface area contributed by atoms with Crippen molar-refractivity contribution in [1.82, 2.24) is 0 Å². The molecule has 2 nitrogen and oxygen atoms in total. The minimum Gasteiger partial charge on any atom is -0.398 e. The fourth-order valence-electron chi connectivity index (χ4n) is 1.45. The van der Waals surface area contributed by atoms with E-state index in [1.54, 1.807) is 0 Å². The third-order valence-electron chi connectivity index (χ3n) is 2.59. The maximum Gasteiger partial charge on any atom is 0.337 e. The van der Waals surface area contributed by atoms with E-state index < -0.39 is 8.56 Å². The van der Waals surface area contributed by atoms with Crippen molar-refractivity contribution in [2.24, 2.45) is 5.41 Å². The van der Waals surface area contributed by atoms with E-state index in [0.29, 0.717) is 0 Å². The highest BCUT2D eigenvalue weighted by Gasteiger charge is 2.34. The number of hydrogen-bond acceptors (Lipinski definition) is 2. The summed E-state index contributed by atoms with van der Waals surface area (Å²) in [6, 6.07) is 2.19. The van der Waals surface area contributed by atoms with Gasteiger partial charge in [-0.2, -0.15) is 0 Å². The van der Waals surface area contributed by atoms with Crippen LogP contribution in [0.25, 0.3) is 0 Å². The van der Waals surface area contributed by atoms with Gasteiger partial charge in [0.2, 0.25) is 0 Å². The van der Waals surface area contributed by atoms with Gasteiger partial charge in [-0.15, -0.1) is 0 Å². The molecule has 0 aliphatic rings. The van der Waals surface area contributed by atoms with Crippen molar-refractivity contribution in [3.63, 3.8) is 0 Å². The minimum atomic E-state index is -1.87. The van der Waals surface area contributed by atoms with E-state index in [9.17, 15) is 0 Å². The molecule has 0 aromatic heterocycles. The smallest absolute Gasteiger partial charge is 0.337 e. The second kappa shape index (κ2) is 6.66. The van der Waals surface area contributed by atoms with Crippen LogP contribution in [0.1, 0.15) is 47.5 Å². The molecule has 1 unspecified atom stereocenters. The lowest BCUT2D eigenvalue weighted by Crippen LogP contribution is -2.42. The molecule has 0 aromatic carbocycles. The zero-order chi connectivity index (χ0) is 11.9. The lowest BCUT2D eigenvalue weighted by molar-refractivity contribution is 0.135. The molecule has 0 spiro atoms. The van der Waals surface area contributed by atoms with Crippen LogP contribution in [0, 0.1) is 5.41 Å². The molecule has 0 saturated heterocycles. The van der Waals surface area contributed by atoms with Gasteiger partial charge in [-0.1, -0.05) is 47.5 Å². The Kier molecular flexibility index (Phi) is 6.72. The van der Waals surface area contributed by atoms with Gasteiger partial charge in [-0.05, 0) is 17.5 Å². The summed E-state index contributed by atoms with van der Waals surface area (Å²) in [6.07, 6.45) is 2.44. The molecule has 1 atom stereocenters. The average molecular weight is 232 g/mol. The highest BCUT2D eigenvalue weighted by atomic mass is 28.4. The van der Waals surface area contributed by atoms with Gasteiger partial charge in [0.15, 0.2) is 0 Å². The fourth-order valence-corrected chi connectivity index (χ4v) is 4.35. The molecule has 0 saturated carbocycles. The molecule has 0 rings (SSSR count). The summed E-state index contributed by atoms with van der Waals surface area (Å²) in [5, 5.41) is 0. The van der Waals surface area contributed by atoms with Gasteiger partial charge in [0.05, 0.1) is 0 Å². The van der Waals surface area contributed by atoms with E-state index in [4.69, 9.17) is 8.85 Å². The van der Waals surface area contributed by atoms with E-state index in [0.717, 1.165) is 18.7 Å². The summed E-state index contributed by atoms with van der Waals surface area (Å²) in [7, 11) is -0.0607. The number of hydrogen-bond donors (Lipinski definition) is 0. The van der Waals surface area contributed by atoms with Crippen molar-refractivity contribution < 1.29 is 8.85 Å². The van der Waals surface area contributed by atoms with Crippen LogP contribution < -0.4 is 0 Å². The summed E-state index contributed by atoms with van der Waals surface area (Å²) < 4.78 is 11.8. The zero-order valence-electron chi connectivity index (χ0n) is 11.4. The fraction of sp³-hybridized carbons (Fsp3) is 1.00. The van der Waals surface area contributed by atoms with E-state index >= 15 is 0 Å². The van der Waals surface area contributed by atoms with Crippen LogP contribution in [-0.4, -0.2) is 22.3 Å². The predicted octanol–water partition coefficient (Wildman–Crippen LogP) is 3.96. The molecule has 0 fully saturated rings. The number of unbranched alkanes of at least 4 members (excludes halogenated alkanes) is 1. The molecular formula is C12H28O2Si. The van der Waals surface area contributed by atoms with Gasteiger partial charge in [-0.3, -0.25) is 0 Å². The Morgan fingerprint density at radius 2 is 1.73 bits per heavy atom. The second-order valence-corrected chi connectivity index (χ2v) is 9.15. The topological polar surface area (TPSA) is 18.5 Å². The van der Waals surface area contributed by atoms with Crippen molar-refractivity contribution in [3.05, 3.63) is 0 Å². The second-order valence-electron chi connectivity index (χ2n) is 5.42. The van der Waals surface area contributed by atoms with E-state index in [2.05, 4.69) is 34.6 Å². The minimum absolute atomic E-state index is 0.234. The molecule has 0 heterocycles. The Labute approximate surface area is 96.6 Å². The predicted molar refractivity (Wildman–Crippen MR) is 68.4 cm³/mol. The van der Waals surface area contributed by atoms with Crippen LogP contribution in [0.15, 0.2) is 0 Å².